The highest BCUT2D eigenvalue weighted by Crippen LogP contribution is 2.26. The first kappa shape index (κ1) is 22.1. The van der Waals surface area contributed by atoms with E-state index in [1.165, 1.54) is 25.7 Å². The van der Waals surface area contributed by atoms with E-state index in [4.69, 9.17) is 18.1 Å². The minimum atomic E-state index is -3.44. The minimum absolute atomic E-state index is 0.921. The van der Waals surface area contributed by atoms with Gasteiger partial charge in [-0.1, -0.05) is 25.7 Å². The fourth-order valence-corrected chi connectivity index (χ4v) is 6.75. The van der Waals surface area contributed by atoms with Crippen LogP contribution in [0, 0.1) is 0 Å². The SMILES string of the molecule is C1CCN(O[Si](ON2CCCCC2)(ON2CCCCC2)ON2CCCCC2)CC1. The van der Waals surface area contributed by atoms with Crippen LogP contribution in [0.3, 0.4) is 0 Å². The summed E-state index contributed by atoms with van der Waals surface area (Å²) >= 11 is 0. The first-order valence-electron chi connectivity index (χ1n) is 12.1. The van der Waals surface area contributed by atoms with Crippen molar-refractivity contribution < 1.29 is 18.1 Å². The van der Waals surface area contributed by atoms with E-state index in [2.05, 4.69) is 0 Å². The molecule has 0 aromatic rings. The van der Waals surface area contributed by atoms with Crippen molar-refractivity contribution >= 4 is 9.05 Å². The number of hydrogen-bond acceptors (Lipinski definition) is 8. The maximum absolute atomic E-state index is 6.57. The van der Waals surface area contributed by atoms with Gasteiger partial charge in [0.25, 0.3) is 0 Å². The first-order chi connectivity index (χ1) is 14.3. The van der Waals surface area contributed by atoms with E-state index in [0.29, 0.717) is 0 Å². The van der Waals surface area contributed by atoms with Crippen LogP contribution < -0.4 is 0 Å². The third-order valence-corrected chi connectivity index (χ3v) is 8.15. The summed E-state index contributed by atoms with van der Waals surface area (Å²) in [4.78, 5) is 0. The van der Waals surface area contributed by atoms with Gasteiger partial charge in [-0.25, -0.2) is 0 Å². The molecule has 0 amide bonds. The lowest BCUT2D eigenvalue weighted by molar-refractivity contribution is -0.304. The Bertz CT molecular complexity index is 380. The summed E-state index contributed by atoms with van der Waals surface area (Å²) in [6.45, 7) is 7.37. The lowest BCUT2D eigenvalue weighted by atomic mass is 10.2. The Labute approximate surface area is 177 Å². The van der Waals surface area contributed by atoms with Gasteiger partial charge in [-0.15, -0.1) is 0 Å². The van der Waals surface area contributed by atoms with Crippen molar-refractivity contribution in [3.63, 3.8) is 0 Å². The van der Waals surface area contributed by atoms with Gasteiger partial charge >= 0.3 is 9.05 Å². The zero-order chi connectivity index (χ0) is 19.8. The standard InChI is InChI=1S/C20H40N4O4Si/c1-5-13-21(14-6-1)25-29(26-22-15-7-2-8-16-22,27-23-17-9-3-10-18-23)28-24-19-11-4-12-20-24/h1-20H2. The second-order valence-electron chi connectivity index (χ2n) is 8.82. The zero-order valence-electron chi connectivity index (χ0n) is 18.1. The lowest BCUT2D eigenvalue weighted by Gasteiger charge is -2.42. The summed E-state index contributed by atoms with van der Waals surface area (Å²) in [6.07, 6.45) is 14.3. The van der Waals surface area contributed by atoms with Gasteiger partial charge in [0.05, 0.1) is 0 Å². The number of rotatable bonds is 8. The van der Waals surface area contributed by atoms with Crippen LogP contribution in [-0.2, 0) is 18.1 Å². The fraction of sp³-hybridized carbons (Fsp3) is 1.00. The predicted molar refractivity (Wildman–Crippen MR) is 112 cm³/mol. The Morgan fingerprint density at radius 2 is 0.517 bits per heavy atom. The molecule has 0 aliphatic carbocycles. The molecule has 8 nitrogen and oxygen atoms in total. The molecule has 0 spiro atoms. The van der Waals surface area contributed by atoms with Gasteiger partial charge in [0.1, 0.15) is 0 Å². The van der Waals surface area contributed by atoms with E-state index >= 15 is 0 Å². The van der Waals surface area contributed by atoms with Crippen LogP contribution in [0.1, 0.15) is 77.0 Å². The van der Waals surface area contributed by atoms with E-state index in [1.54, 1.807) is 0 Å². The smallest absolute Gasteiger partial charge is 0.260 e. The molecule has 0 N–H and O–H groups in total. The van der Waals surface area contributed by atoms with Gasteiger partial charge in [-0.3, -0.25) is 18.1 Å². The second-order valence-corrected chi connectivity index (χ2v) is 10.6. The van der Waals surface area contributed by atoms with Crippen molar-refractivity contribution in [2.75, 3.05) is 52.4 Å². The maximum atomic E-state index is 6.57. The van der Waals surface area contributed by atoms with Crippen molar-refractivity contribution in [1.29, 1.82) is 0 Å². The van der Waals surface area contributed by atoms with Crippen LogP contribution in [0.15, 0.2) is 0 Å². The molecule has 0 radical (unpaired) electrons. The highest BCUT2D eigenvalue weighted by Gasteiger charge is 2.56. The summed E-state index contributed by atoms with van der Waals surface area (Å²) in [5.41, 5.74) is 0. The first-order valence-corrected chi connectivity index (χ1v) is 13.7. The van der Waals surface area contributed by atoms with Gasteiger partial charge < -0.3 is 0 Å². The predicted octanol–water partition coefficient (Wildman–Crippen LogP) is 3.09. The van der Waals surface area contributed by atoms with E-state index in [9.17, 15) is 0 Å². The molecule has 0 bridgehead atoms. The molecule has 4 fully saturated rings. The molecule has 4 heterocycles. The molecule has 4 aliphatic heterocycles. The van der Waals surface area contributed by atoms with Gasteiger partial charge in [-0.05, 0) is 51.4 Å². The molecule has 168 valence electrons. The number of piperidine rings is 4. The van der Waals surface area contributed by atoms with Crippen molar-refractivity contribution in [2.24, 2.45) is 0 Å². The largest absolute Gasteiger partial charge is 0.749 e. The number of hydrogen-bond donors (Lipinski definition) is 0. The molecular formula is C20H40N4O4Si. The van der Waals surface area contributed by atoms with Crippen molar-refractivity contribution in [3.05, 3.63) is 0 Å². The highest BCUT2D eigenvalue weighted by atomic mass is 28.4. The Morgan fingerprint density at radius 3 is 0.724 bits per heavy atom. The molecule has 0 aromatic heterocycles. The minimum Gasteiger partial charge on any atom is -0.260 e. The zero-order valence-corrected chi connectivity index (χ0v) is 19.1. The van der Waals surface area contributed by atoms with Crippen molar-refractivity contribution in [2.45, 2.75) is 77.0 Å². The summed E-state index contributed by atoms with van der Waals surface area (Å²) in [5, 5.41) is 8.20. The molecule has 4 aliphatic rings. The molecule has 0 unspecified atom stereocenters. The van der Waals surface area contributed by atoms with Gasteiger partial charge in [0, 0.05) is 52.4 Å². The van der Waals surface area contributed by atoms with Crippen molar-refractivity contribution in [3.8, 4) is 0 Å². The molecule has 4 rings (SSSR count). The summed E-state index contributed by atoms with van der Waals surface area (Å²) in [5.74, 6) is 0. The van der Waals surface area contributed by atoms with Crippen LogP contribution >= 0.6 is 0 Å². The Hall–Kier alpha value is -0.103. The van der Waals surface area contributed by atoms with Crippen LogP contribution in [-0.4, -0.2) is 81.7 Å². The normalized spacial score (nSPS) is 27.3. The van der Waals surface area contributed by atoms with Gasteiger partial charge in [0.2, 0.25) is 0 Å². The van der Waals surface area contributed by atoms with E-state index in [-0.39, 0.29) is 0 Å². The van der Waals surface area contributed by atoms with Crippen LogP contribution in [0.25, 0.3) is 0 Å². The van der Waals surface area contributed by atoms with E-state index < -0.39 is 9.05 Å². The van der Waals surface area contributed by atoms with Crippen LogP contribution in [0.5, 0.6) is 0 Å². The molecule has 0 atom stereocenters. The van der Waals surface area contributed by atoms with Crippen LogP contribution in [0.2, 0.25) is 0 Å². The van der Waals surface area contributed by atoms with E-state index in [0.717, 1.165) is 104 Å². The maximum Gasteiger partial charge on any atom is 0.749 e. The monoisotopic (exact) mass is 428 g/mol. The summed E-state index contributed by atoms with van der Waals surface area (Å²) in [7, 11) is -3.44. The van der Waals surface area contributed by atoms with E-state index in [1.807, 2.05) is 20.3 Å². The Morgan fingerprint density at radius 1 is 0.310 bits per heavy atom. The average Bonchev–Trinajstić information content (AvgIpc) is 2.76. The van der Waals surface area contributed by atoms with Crippen molar-refractivity contribution in [1.82, 2.24) is 20.3 Å². The van der Waals surface area contributed by atoms with Gasteiger partial charge in [0.15, 0.2) is 0 Å². The molecule has 29 heavy (non-hydrogen) atoms. The molecular weight excluding hydrogens is 388 g/mol. The highest BCUT2D eigenvalue weighted by molar-refractivity contribution is 6.53. The Balaban J connectivity index is 1.51. The lowest BCUT2D eigenvalue weighted by Crippen LogP contribution is -2.63. The molecule has 9 heteroatoms. The van der Waals surface area contributed by atoms with Crippen LogP contribution in [0.4, 0.5) is 0 Å². The fourth-order valence-electron chi connectivity index (χ4n) is 4.56. The Kier molecular flexibility index (Phi) is 8.76. The third kappa shape index (κ3) is 6.95. The molecule has 4 saturated heterocycles. The summed E-state index contributed by atoms with van der Waals surface area (Å²) < 4.78 is 26.3. The quantitative estimate of drug-likeness (QED) is 0.547. The average molecular weight is 429 g/mol. The molecule has 0 aromatic carbocycles. The topological polar surface area (TPSA) is 49.9 Å². The summed E-state index contributed by atoms with van der Waals surface area (Å²) in [6, 6.07) is 0. The second kappa shape index (κ2) is 11.5. The number of hydroxylamine groups is 8. The van der Waals surface area contributed by atoms with Gasteiger partial charge in [-0.2, -0.15) is 20.3 Å². The third-order valence-electron chi connectivity index (χ3n) is 6.22. The number of nitrogens with zero attached hydrogens (tertiary/aromatic N) is 4. The molecule has 0 saturated carbocycles.